The van der Waals surface area contributed by atoms with Gasteiger partial charge in [-0.25, -0.2) is 9.18 Å². The Labute approximate surface area is 250 Å². The van der Waals surface area contributed by atoms with Crippen LogP contribution in [0, 0.1) is 5.82 Å². The smallest absolute Gasteiger partial charge is 0.354 e. The molecule has 0 spiro atoms. The fourth-order valence-electron chi connectivity index (χ4n) is 4.86. The summed E-state index contributed by atoms with van der Waals surface area (Å²) >= 11 is 6.24. The van der Waals surface area contributed by atoms with E-state index in [4.69, 9.17) is 27.8 Å². The Kier molecular flexibility index (Phi) is 10.9. The summed E-state index contributed by atoms with van der Waals surface area (Å²) in [5, 5.41) is 4.20. The number of amidine groups is 1. The predicted octanol–water partition coefficient (Wildman–Crippen LogP) is 4.89. The zero-order chi connectivity index (χ0) is 30.2. The average Bonchev–Trinajstić information content (AvgIpc) is 3.36. The second kappa shape index (κ2) is 14.6. The number of nitrogens with zero attached hydrogens (tertiary/aromatic N) is 3. The molecule has 2 heterocycles. The third-order valence-corrected chi connectivity index (χ3v) is 7.28. The number of methoxy groups -OCH3 is 1. The molecule has 4 rings (SSSR count). The molecule has 224 valence electrons. The van der Waals surface area contributed by atoms with E-state index in [0.717, 1.165) is 43.4 Å². The van der Waals surface area contributed by atoms with Crippen molar-refractivity contribution in [2.24, 2.45) is 16.5 Å². The summed E-state index contributed by atoms with van der Waals surface area (Å²) in [7, 11) is 1.66. The third-order valence-electron chi connectivity index (χ3n) is 7.00. The van der Waals surface area contributed by atoms with Gasteiger partial charge in [0.05, 0.1) is 34.9 Å². The summed E-state index contributed by atoms with van der Waals surface area (Å²) < 4.78 is 22.0. The van der Waals surface area contributed by atoms with Crippen LogP contribution in [-0.4, -0.2) is 53.2 Å². The van der Waals surface area contributed by atoms with Crippen molar-refractivity contribution >= 4 is 28.5 Å². The number of fused-ring (bicyclic) bond motifs is 1. The van der Waals surface area contributed by atoms with Crippen molar-refractivity contribution in [2.75, 3.05) is 26.8 Å². The average molecular weight is 596 g/mol. The molecule has 4 aromatic rings. The summed E-state index contributed by atoms with van der Waals surface area (Å²) in [5.74, 6) is 0.0544. The van der Waals surface area contributed by atoms with Gasteiger partial charge in [0, 0.05) is 36.8 Å². The number of nitrogens with two attached hydrogens (primary N) is 2. The highest BCUT2D eigenvalue weighted by Crippen LogP contribution is 2.31. The van der Waals surface area contributed by atoms with E-state index in [1.165, 1.54) is 4.57 Å². The fourth-order valence-corrected chi connectivity index (χ4v) is 5.10. The number of aromatic amines is 1. The van der Waals surface area contributed by atoms with Crippen molar-refractivity contribution in [2.45, 2.75) is 51.6 Å². The molecule has 9 nitrogen and oxygen atoms in total. The molecule has 2 aromatic carbocycles. The van der Waals surface area contributed by atoms with Crippen LogP contribution in [-0.2, 0) is 11.2 Å². The first kappa shape index (κ1) is 31.4. The number of aryl methyl sites for hydroxylation is 1. The largest absolute Gasteiger partial charge is 0.388 e. The molecule has 2 unspecified atom stereocenters. The predicted molar refractivity (Wildman–Crippen MR) is 168 cm³/mol. The molecule has 0 radical (unpaired) electrons. The van der Waals surface area contributed by atoms with Gasteiger partial charge in [0.1, 0.15) is 5.65 Å². The Bertz CT molecular complexity index is 1580. The van der Waals surface area contributed by atoms with E-state index in [2.05, 4.69) is 20.3 Å². The van der Waals surface area contributed by atoms with E-state index in [1.54, 1.807) is 38.4 Å². The molecule has 42 heavy (non-hydrogen) atoms. The van der Waals surface area contributed by atoms with Gasteiger partial charge in [0.15, 0.2) is 5.82 Å². The van der Waals surface area contributed by atoms with Crippen LogP contribution in [0.2, 0.25) is 5.02 Å². The minimum absolute atomic E-state index is 0.0206. The first-order valence-electron chi connectivity index (χ1n) is 14.1. The maximum absolute atomic E-state index is 15.1. The maximum atomic E-state index is 15.1. The molecular weight excluding hydrogens is 557 g/mol. The molecule has 0 aliphatic heterocycles. The van der Waals surface area contributed by atoms with Gasteiger partial charge in [-0.05, 0) is 87.5 Å². The number of hydrogen-bond donors (Lipinski definition) is 4. The number of benzene rings is 2. The Hall–Kier alpha value is -3.57. The van der Waals surface area contributed by atoms with Crippen LogP contribution in [0.5, 0.6) is 0 Å². The standard InChI is InChI=1S/C31H39ClFN7O2/c1-19(34)6-4-7-21-14-25(29(33)26(32)15-21)27-16-23-17-40(31(41)39-30(23)38-27)24-10-8-22(9-11-24)28(18-42-3)37-13-5-12-36-20(2)35/h8-11,14-17,19,28,37H,4-7,12-13,18,34H2,1-3H3,(H2,35,36)(H,38,39,41). The van der Waals surface area contributed by atoms with Gasteiger partial charge in [0.2, 0.25) is 0 Å². The van der Waals surface area contributed by atoms with Crippen LogP contribution in [0.25, 0.3) is 28.0 Å². The number of H-pyrrole nitrogens is 1. The lowest BCUT2D eigenvalue weighted by atomic mass is 10.0. The van der Waals surface area contributed by atoms with Gasteiger partial charge in [-0.1, -0.05) is 23.7 Å². The van der Waals surface area contributed by atoms with Gasteiger partial charge in [0.25, 0.3) is 0 Å². The van der Waals surface area contributed by atoms with Crippen LogP contribution < -0.4 is 22.5 Å². The van der Waals surface area contributed by atoms with Crippen LogP contribution in [0.4, 0.5) is 4.39 Å². The number of rotatable bonds is 14. The topological polar surface area (TPSA) is 136 Å². The minimum atomic E-state index is -0.522. The Morgan fingerprint density at radius 1 is 1.24 bits per heavy atom. The molecule has 6 N–H and O–H groups in total. The highest BCUT2D eigenvalue weighted by Gasteiger charge is 2.16. The second-order valence-electron chi connectivity index (χ2n) is 10.6. The highest BCUT2D eigenvalue weighted by molar-refractivity contribution is 6.31. The lowest BCUT2D eigenvalue weighted by molar-refractivity contribution is 0.167. The van der Waals surface area contributed by atoms with Crippen molar-refractivity contribution in [3.05, 3.63) is 81.1 Å². The van der Waals surface area contributed by atoms with Crippen LogP contribution in [0.3, 0.4) is 0 Å². The summed E-state index contributed by atoms with van der Waals surface area (Å²) in [6.45, 7) is 5.64. The van der Waals surface area contributed by atoms with E-state index in [1.807, 2.05) is 31.2 Å². The Balaban J connectivity index is 1.56. The molecule has 11 heteroatoms. The zero-order valence-electron chi connectivity index (χ0n) is 24.3. The maximum Gasteiger partial charge on any atom is 0.354 e. The van der Waals surface area contributed by atoms with Crippen LogP contribution in [0.15, 0.2) is 58.4 Å². The van der Waals surface area contributed by atoms with E-state index in [9.17, 15) is 4.79 Å². The summed E-state index contributed by atoms with van der Waals surface area (Å²) in [6, 6.07) is 13.0. The molecule has 0 aliphatic rings. The van der Waals surface area contributed by atoms with E-state index >= 15 is 4.39 Å². The number of aliphatic imine (C=N–C) groups is 1. The van der Waals surface area contributed by atoms with E-state index in [0.29, 0.717) is 47.0 Å². The fraction of sp³-hybridized carbons (Fsp3) is 0.387. The Morgan fingerprint density at radius 3 is 2.69 bits per heavy atom. The quantitative estimate of drug-likeness (QED) is 0.0931. The zero-order valence-corrected chi connectivity index (χ0v) is 25.0. The van der Waals surface area contributed by atoms with Gasteiger partial charge < -0.3 is 26.5 Å². The number of aromatic nitrogens is 3. The molecule has 0 saturated heterocycles. The highest BCUT2D eigenvalue weighted by atomic mass is 35.5. The molecule has 0 amide bonds. The van der Waals surface area contributed by atoms with Crippen molar-refractivity contribution < 1.29 is 9.13 Å². The van der Waals surface area contributed by atoms with Gasteiger partial charge in [-0.3, -0.25) is 9.56 Å². The summed E-state index contributed by atoms with van der Waals surface area (Å²) in [4.78, 5) is 24.5. The molecule has 2 atom stereocenters. The first-order valence-corrected chi connectivity index (χ1v) is 14.5. The van der Waals surface area contributed by atoms with Crippen molar-refractivity contribution in [3.8, 4) is 16.9 Å². The van der Waals surface area contributed by atoms with Crippen LogP contribution in [0.1, 0.15) is 50.3 Å². The number of hydrogen-bond acceptors (Lipinski definition) is 6. The summed E-state index contributed by atoms with van der Waals surface area (Å²) in [6.07, 6.45) is 5.02. The van der Waals surface area contributed by atoms with Gasteiger partial charge >= 0.3 is 5.69 Å². The minimum Gasteiger partial charge on any atom is -0.388 e. The molecule has 0 bridgehead atoms. The van der Waals surface area contributed by atoms with Crippen molar-refractivity contribution in [1.29, 1.82) is 0 Å². The normalized spacial score (nSPS) is 13.5. The summed E-state index contributed by atoms with van der Waals surface area (Å²) in [5.41, 5.74) is 14.8. The van der Waals surface area contributed by atoms with E-state index < -0.39 is 11.5 Å². The number of nitrogens with one attached hydrogen (secondary N) is 2. The molecule has 0 aliphatic carbocycles. The van der Waals surface area contributed by atoms with Gasteiger partial charge in [-0.15, -0.1) is 0 Å². The lowest BCUT2D eigenvalue weighted by Crippen LogP contribution is -2.27. The SMILES string of the molecule is COCC(NCCCN=C(C)N)c1ccc(-n2cc3cc(-c4cc(CCCC(C)N)cc(Cl)c4F)[nH]c3nc2=O)cc1. The third kappa shape index (κ3) is 8.04. The van der Waals surface area contributed by atoms with E-state index in [-0.39, 0.29) is 17.1 Å². The Morgan fingerprint density at radius 2 is 2.00 bits per heavy atom. The second-order valence-corrected chi connectivity index (χ2v) is 11.0. The lowest BCUT2D eigenvalue weighted by Gasteiger charge is -2.19. The number of ether oxygens (including phenoxy) is 1. The van der Waals surface area contributed by atoms with Gasteiger partial charge in [-0.2, -0.15) is 4.98 Å². The molecule has 0 saturated carbocycles. The molecule has 0 fully saturated rings. The number of halogens is 2. The monoisotopic (exact) mass is 595 g/mol. The first-order chi connectivity index (χ1) is 20.2. The van der Waals surface area contributed by atoms with Crippen LogP contribution >= 0.6 is 11.6 Å². The molecular formula is C31H39ClFN7O2. The van der Waals surface area contributed by atoms with Crippen molar-refractivity contribution in [3.63, 3.8) is 0 Å². The molecule has 2 aromatic heterocycles. The van der Waals surface area contributed by atoms with Crippen molar-refractivity contribution in [1.82, 2.24) is 19.9 Å².